The van der Waals surface area contributed by atoms with E-state index in [4.69, 9.17) is 13.3 Å². The van der Waals surface area contributed by atoms with Crippen LogP contribution in [0, 0.1) is 0 Å². The number of rotatable bonds is 6. The fourth-order valence-electron chi connectivity index (χ4n) is 0.929. The van der Waals surface area contributed by atoms with Crippen LogP contribution in [0.15, 0.2) is 0 Å². The molecule has 0 spiro atoms. The first-order valence-electron chi connectivity index (χ1n) is 3.92. The molecule has 0 rings (SSSR count). The third kappa shape index (κ3) is 4.66. The second-order valence-corrected chi connectivity index (χ2v) is 5.96. The van der Waals surface area contributed by atoms with Crippen LogP contribution in [-0.2, 0) is 13.3 Å². The van der Waals surface area contributed by atoms with Gasteiger partial charge < -0.3 is 13.3 Å². The molecule has 0 bridgehead atoms. The van der Waals surface area contributed by atoms with Gasteiger partial charge in [0.25, 0.3) is 0 Å². The molecule has 0 aliphatic carbocycles. The van der Waals surface area contributed by atoms with Crippen molar-refractivity contribution in [2.45, 2.75) is 25.3 Å². The molecular weight excluding hydrogens is 198 g/mol. The van der Waals surface area contributed by atoms with E-state index in [1.54, 1.807) is 0 Å². The van der Waals surface area contributed by atoms with E-state index in [9.17, 15) is 8.78 Å². The highest BCUT2D eigenvalue weighted by Gasteiger charge is 2.40. The van der Waals surface area contributed by atoms with E-state index in [0.29, 0.717) is 0 Å². The van der Waals surface area contributed by atoms with E-state index in [1.165, 1.54) is 21.3 Å². The standard InChI is InChI=1S/C7H16F2O3Si/c1-7(8,9)5-6-13(10-2,11-3)12-4/h5-6H2,1-4H3. The largest absolute Gasteiger partial charge is 0.500 e. The van der Waals surface area contributed by atoms with Crippen LogP contribution in [0.3, 0.4) is 0 Å². The van der Waals surface area contributed by atoms with Crippen LogP contribution >= 0.6 is 0 Å². The lowest BCUT2D eigenvalue weighted by Crippen LogP contribution is -2.43. The fourth-order valence-corrected chi connectivity index (χ4v) is 2.79. The summed E-state index contributed by atoms with van der Waals surface area (Å²) in [4.78, 5) is 0. The minimum atomic E-state index is -2.81. The summed E-state index contributed by atoms with van der Waals surface area (Å²) in [6.07, 6.45) is -0.283. The second kappa shape index (κ2) is 4.99. The highest BCUT2D eigenvalue weighted by atomic mass is 28.4. The van der Waals surface area contributed by atoms with Crippen LogP contribution in [0.2, 0.25) is 6.04 Å². The minimum absolute atomic E-state index is 0.125. The van der Waals surface area contributed by atoms with E-state index in [0.717, 1.165) is 6.92 Å². The topological polar surface area (TPSA) is 27.7 Å². The average molecular weight is 214 g/mol. The summed E-state index contributed by atoms with van der Waals surface area (Å²) < 4.78 is 40.0. The summed E-state index contributed by atoms with van der Waals surface area (Å²) >= 11 is 0. The van der Waals surface area contributed by atoms with Crippen molar-refractivity contribution in [2.24, 2.45) is 0 Å². The van der Waals surface area contributed by atoms with Crippen molar-refractivity contribution < 1.29 is 22.1 Å². The molecule has 0 saturated carbocycles. The summed E-state index contributed by atoms with van der Waals surface area (Å²) in [5.41, 5.74) is 0. The van der Waals surface area contributed by atoms with Crippen molar-refractivity contribution in [1.82, 2.24) is 0 Å². The van der Waals surface area contributed by atoms with E-state index in [1.807, 2.05) is 0 Å². The molecule has 13 heavy (non-hydrogen) atoms. The molecule has 0 radical (unpaired) electrons. The number of hydrogen-bond donors (Lipinski definition) is 0. The van der Waals surface area contributed by atoms with Gasteiger partial charge in [-0.2, -0.15) is 0 Å². The molecule has 3 nitrogen and oxygen atoms in total. The Kier molecular flexibility index (Phi) is 4.98. The van der Waals surface area contributed by atoms with Crippen molar-refractivity contribution in [3.63, 3.8) is 0 Å². The van der Waals surface area contributed by atoms with Crippen molar-refractivity contribution >= 4 is 8.80 Å². The van der Waals surface area contributed by atoms with Crippen molar-refractivity contribution in [1.29, 1.82) is 0 Å². The Morgan fingerprint density at radius 2 is 1.46 bits per heavy atom. The Hall–Kier alpha value is -0.0431. The molecule has 0 saturated heterocycles. The van der Waals surface area contributed by atoms with Gasteiger partial charge in [0.1, 0.15) is 0 Å². The maximum absolute atomic E-state index is 12.5. The number of alkyl halides is 2. The number of halogens is 2. The molecule has 0 aromatic carbocycles. The van der Waals surface area contributed by atoms with Crippen LogP contribution in [-0.4, -0.2) is 36.1 Å². The second-order valence-electron chi connectivity index (χ2n) is 2.87. The maximum Gasteiger partial charge on any atom is 0.500 e. The number of hydrogen-bond acceptors (Lipinski definition) is 3. The molecule has 0 N–H and O–H groups in total. The summed E-state index contributed by atoms with van der Waals surface area (Å²) in [7, 11) is 1.42. The SMILES string of the molecule is CO[Si](CCC(C)(F)F)(OC)OC. The van der Waals surface area contributed by atoms with Gasteiger partial charge in [0.05, 0.1) is 0 Å². The van der Waals surface area contributed by atoms with Gasteiger partial charge in [-0.05, 0) is 6.92 Å². The van der Waals surface area contributed by atoms with Crippen LogP contribution in [0.1, 0.15) is 13.3 Å². The lowest BCUT2D eigenvalue weighted by molar-refractivity contribution is 0.0107. The van der Waals surface area contributed by atoms with Gasteiger partial charge in [-0.3, -0.25) is 0 Å². The highest BCUT2D eigenvalue weighted by Crippen LogP contribution is 2.25. The van der Waals surface area contributed by atoms with Crippen LogP contribution < -0.4 is 0 Å². The van der Waals surface area contributed by atoms with E-state index < -0.39 is 14.7 Å². The van der Waals surface area contributed by atoms with E-state index in [-0.39, 0.29) is 12.5 Å². The quantitative estimate of drug-likeness (QED) is 0.632. The first-order chi connectivity index (χ1) is 5.89. The molecule has 6 heteroatoms. The zero-order valence-corrected chi connectivity index (χ0v) is 9.39. The van der Waals surface area contributed by atoms with Gasteiger partial charge in [-0.25, -0.2) is 8.78 Å². The van der Waals surface area contributed by atoms with Gasteiger partial charge in [0.2, 0.25) is 5.92 Å². The first kappa shape index (κ1) is 13.0. The lowest BCUT2D eigenvalue weighted by Gasteiger charge is -2.25. The summed E-state index contributed by atoms with van der Waals surface area (Å²) in [6, 6.07) is 0.125. The van der Waals surface area contributed by atoms with Gasteiger partial charge >= 0.3 is 8.80 Å². The third-order valence-electron chi connectivity index (χ3n) is 1.80. The predicted molar refractivity (Wildman–Crippen MR) is 46.8 cm³/mol. The smallest absolute Gasteiger partial charge is 0.377 e. The van der Waals surface area contributed by atoms with Gasteiger partial charge in [-0.15, -0.1) is 0 Å². The minimum Gasteiger partial charge on any atom is -0.377 e. The monoisotopic (exact) mass is 214 g/mol. The maximum atomic E-state index is 12.5. The third-order valence-corrected chi connectivity index (χ3v) is 4.53. The van der Waals surface area contributed by atoms with Gasteiger partial charge in [0.15, 0.2) is 0 Å². The molecule has 0 amide bonds. The molecule has 0 fully saturated rings. The molecule has 0 aliphatic rings. The van der Waals surface area contributed by atoms with E-state index >= 15 is 0 Å². The van der Waals surface area contributed by atoms with Gasteiger partial charge in [-0.1, -0.05) is 0 Å². The molecule has 80 valence electrons. The van der Waals surface area contributed by atoms with Crippen LogP contribution in [0.25, 0.3) is 0 Å². The Labute approximate surface area is 78.4 Å². The molecule has 0 aromatic heterocycles. The first-order valence-corrected chi connectivity index (χ1v) is 5.85. The Bertz CT molecular complexity index is 137. The summed E-state index contributed by atoms with van der Waals surface area (Å²) in [6.45, 7) is 0.868. The zero-order valence-electron chi connectivity index (χ0n) is 8.39. The van der Waals surface area contributed by atoms with E-state index in [2.05, 4.69) is 0 Å². The molecular formula is C7H16F2O3Si. The predicted octanol–water partition coefficient (Wildman–Crippen LogP) is 1.91. The molecule has 0 aromatic rings. The summed E-state index contributed by atoms with van der Waals surface area (Å²) in [5.74, 6) is -2.70. The lowest BCUT2D eigenvalue weighted by atomic mass is 10.3. The van der Waals surface area contributed by atoms with Gasteiger partial charge in [0, 0.05) is 33.8 Å². The van der Waals surface area contributed by atoms with Crippen molar-refractivity contribution in [2.75, 3.05) is 21.3 Å². The highest BCUT2D eigenvalue weighted by molar-refractivity contribution is 6.60. The average Bonchev–Trinajstić information content (AvgIpc) is 2.06. The Morgan fingerprint density at radius 3 is 1.69 bits per heavy atom. The fraction of sp³-hybridized carbons (Fsp3) is 1.00. The molecule has 0 aliphatic heterocycles. The summed E-state index contributed by atoms with van der Waals surface area (Å²) in [5, 5.41) is 0. The normalized spacial score (nSPS) is 13.4. The Morgan fingerprint density at radius 1 is 1.08 bits per heavy atom. The molecule has 0 heterocycles. The van der Waals surface area contributed by atoms with Crippen LogP contribution in [0.4, 0.5) is 8.78 Å². The zero-order chi connectivity index (χ0) is 10.5. The molecule has 0 unspecified atom stereocenters. The van der Waals surface area contributed by atoms with Crippen LogP contribution in [0.5, 0.6) is 0 Å². The molecule has 0 atom stereocenters. The Balaban J connectivity index is 4.11. The van der Waals surface area contributed by atoms with Crippen molar-refractivity contribution in [3.8, 4) is 0 Å². The van der Waals surface area contributed by atoms with Crippen molar-refractivity contribution in [3.05, 3.63) is 0 Å².